The maximum Gasteiger partial charge on any atom is 0.142 e. The van der Waals surface area contributed by atoms with E-state index in [1.807, 2.05) is 20.2 Å². The highest BCUT2D eigenvalue weighted by Gasteiger charge is 2.13. The van der Waals surface area contributed by atoms with Crippen LogP contribution in [-0.4, -0.2) is 38.1 Å². The van der Waals surface area contributed by atoms with Gasteiger partial charge >= 0.3 is 0 Å². The van der Waals surface area contributed by atoms with Crippen LogP contribution in [0, 0.1) is 5.82 Å². The maximum atomic E-state index is 13.4. The number of rotatable bonds is 7. The molecule has 0 saturated heterocycles. The van der Waals surface area contributed by atoms with Crippen LogP contribution in [0.2, 0.25) is 5.02 Å². The summed E-state index contributed by atoms with van der Waals surface area (Å²) in [5, 5.41) is 3.72. The van der Waals surface area contributed by atoms with E-state index in [1.54, 1.807) is 6.07 Å². The molecule has 18 heavy (non-hydrogen) atoms. The highest BCUT2D eigenvalue weighted by Crippen LogP contribution is 2.21. The summed E-state index contributed by atoms with van der Waals surface area (Å²) in [6.45, 7) is 4.01. The number of halogens is 2. The first-order valence-corrected chi connectivity index (χ1v) is 6.73. The first kappa shape index (κ1) is 15.4. The fraction of sp³-hybridized carbons (Fsp3) is 0.571. The second-order valence-corrected chi connectivity index (χ2v) is 5.21. The Kier molecular flexibility index (Phi) is 6.61. The number of likely N-dealkylation sites (N-methyl/N-ethyl adjacent to an activating group) is 1. The van der Waals surface area contributed by atoms with E-state index in [0.717, 1.165) is 31.5 Å². The summed E-state index contributed by atoms with van der Waals surface area (Å²) in [4.78, 5) is 2.13. The zero-order valence-electron chi connectivity index (χ0n) is 11.3. The van der Waals surface area contributed by atoms with Crippen LogP contribution in [0.3, 0.4) is 0 Å². The summed E-state index contributed by atoms with van der Waals surface area (Å²) >= 11 is 5.99. The van der Waals surface area contributed by atoms with Crippen molar-refractivity contribution in [3.63, 3.8) is 0 Å². The van der Waals surface area contributed by atoms with Crippen molar-refractivity contribution in [2.75, 3.05) is 27.2 Å². The van der Waals surface area contributed by atoms with Gasteiger partial charge in [0.25, 0.3) is 0 Å². The topological polar surface area (TPSA) is 15.3 Å². The molecule has 1 aromatic rings. The van der Waals surface area contributed by atoms with Gasteiger partial charge in [0.05, 0.1) is 5.02 Å². The summed E-state index contributed by atoms with van der Waals surface area (Å²) in [5.74, 6) is -0.340. The first-order chi connectivity index (χ1) is 8.54. The van der Waals surface area contributed by atoms with Crippen LogP contribution in [0.5, 0.6) is 0 Å². The zero-order valence-corrected chi connectivity index (χ0v) is 12.1. The molecule has 0 aliphatic carbocycles. The molecule has 1 unspecified atom stereocenters. The third-order valence-corrected chi connectivity index (χ3v) is 3.19. The first-order valence-electron chi connectivity index (χ1n) is 6.35. The molecule has 4 heteroatoms. The van der Waals surface area contributed by atoms with Crippen molar-refractivity contribution in [3.05, 3.63) is 34.6 Å². The van der Waals surface area contributed by atoms with Crippen molar-refractivity contribution in [3.8, 4) is 0 Å². The van der Waals surface area contributed by atoms with Crippen molar-refractivity contribution in [1.82, 2.24) is 10.2 Å². The third-order valence-electron chi connectivity index (χ3n) is 2.77. The monoisotopic (exact) mass is 272 g/mol. The van der Waals surface area contributed by atoms with Gasteiger partial charge in [0.2, 0.25) is 0 Å². The Morgan fingerprint density at radius 2 is 2.11 bits per heavy atom. The molecule has 0 spiro atoms. The molecule has 1 atom stereocenters. The molecule has 1 aromatic carbocycles. The van der Waals surface area contributed by atoms with E-state index in [9.17, 15) is 4.39 Å². The Balaban J connectivity index is 2.72. The SMILES string of the molecule is CCCNC(Cc1cccc(F)c1Cl)CN(C)C. The summed E-state index contributed by atoms with van der Waals surface area (Å²) in [6.07, 6.45) is 1.83. The van der Waals surface area contributed by atoms with Gasteiger partial charge < -0.3 is 10.2 Å². The number of hydrogen-bond donors (Lipinski definition) is 1. The molecular formula is C14H22ClFN2. The third kappa shape index (κ3) is 4.92. The molecule has 2 nitrogen and oxygen atoms in total. The fourth-order valence-corrected chi connectivity index (χ4v) is 2.17. The van der Waals surface area contributed by atoms with Gasteiger partial charge in [-0.3, -0.25) is 0 Å². The Bertz CT molecular complexity index is 369. The van der Waals surface area contributed by atoms with Crippen molar-refractivity contribution < 1.29 is 4.39 Å². The summed E-state index contributed by atoms with van der Waals surface area (Å²) in [7, 11) is 4.07. The molecule has 0 fully saturated rings. The smallest absolute Gasteiger partial charge is 0.142 e. The number of nitrogens with zero attached hydrogens (tertiary/aromatic N) is 1. The van der Waals surface area contributed by atoms with E-state index in [0.29, 0.717) is 6.04 Å². The maximum absolute atomic E-state index is 13.4. The lowest BCUT2D eigenvalue weighted by molar-refractivity contribution is 0.336. The number of nitrogens with one attached hydrogen (secondary N) is 1. The minimum Gasteiger partial charge on any atom is -0.312 e. The molecule has 0 bridgehead atoms. The van der Waals surface area contributed by atoms with Crippen LogP contribution in [0.15, 0.2) is 18.2 Å². The van der Waals surface area contributed by atoms with E-state index < -0.39 is 0 Å². The van der Waals surface area contributed by atoms with Gasteiger partial charge in [-0.2, -0.15) is 0 Å². The predicted octanol–water partition coefficient (Wildman–Crippen LogP) is 2.95. The Morgan fingerprint density at radius 1 is 1.39 bits per heavy atom. The van der Waals surface area contributed by atoms with Crippen molar-refractivity contribution in [2.24, 2.45) is 0 Å². The van der Waals surface area contributed by atoms with Crippen LogP contribution >= 0.6 is 11.6 Å². The predicted molar refractivity (Wildman–Crippen MR) is 75.7 cm³/mol. The van der Waals surface area contributed by atoms with Gasteiger partial charge in [0.1, 0.15) is 5.82 Å². The van der Waals surface area contributed by atoms with Crippen molar-refractivity contribution in [2.45, 2.75) is 25.8 Å². The summed E-state index contributed by atoms with van der Waals surface area (Å²) in [5.41, 5.74) is 0.868. The largest absolute Gasteiger partial charge is 0.312 e. The van der Waals surface area contributed by atoms with Gasteiger partial charge in [-0.1, -0.05) is 30.7 Å². The van der Waals surface area contributed by atoms with E-state index >= 15 is 0 Å². The van der Waals surface area contributed by atoms with Gasteiger partial charge in [0, 0.05) is 12.6 Å². The standard InChI is InChI=1S/C14H22ClFN2/c1-4-8-17-12(10-18(2)3)9-11-6-5-7-13(16)14(11)15/h5-7,12,17H,4,8-10H2,1-3H3. The lowest BCUT2D eigenvalue weighted by atomic mass is 10.1. The molecule has 0 amide bonds. The Morgan fingerprint density at radius 3 is 2.72 bits per heavy atom. The Labute approximate surface area is 114 Å². The van der Waals surface area contributed by atoms with Gasteiger partial charge in [0.15, 0.2) is 0 Å². The zero-order chi connectivity index (χ0) is 13.5. The minimum atomic E-state index is -0.340. The average Bonchev–Trinajstić information content (AvgIpc) is 2.31. The van der Waals surface area contributed by atoms with Crippen LogP contribution < -0.4 is 5.32 Å². The van der Waals surface area contributed by atoms with Crippen molar-refractivity contribution >= 4 is 11.6 Å². The van der Waals surface area contributed by atoms with Crippen LogP contribution in [0.1, 0.15) is 18.9 Å². The number of hydrogen-bond acceptors (Lipinski definition) is 2. The van der Waals surface area contributed by atoms with Gasteiger partial charge in [-0.15, -0.1) is 0 Å². The average molecular weight is 273 g/mol. The number of benzene rings is 1. The highest BCUT2D eigenvalue weighted by molar-refractivity contribution is 6.31. The second-order valence-electron chi connectivity index (χ2n) is 4.83. The Hall–Kier alpha value is -0.640. The quantitative estimate of drug-likeness (QED) is 0.821. The molecule has 102 valence electrons. The minimum absolute atomic E-state index is 0.250. The molecular weight excluding hydrogens is 251 g/mol. The van der Waals surface area contributed by atoms with Crippen molar-refractivity contribution in [1.29, 1.82) is 0 Å². The molecule has 0 saturated carbocycles. The van der Waals surface area contributed by atoms with E-state index in [1.165, 1.54) is 6.07 Å². The lowest BCUT2D eigenvalue weighted by Gasteiger charge is -2.23. The highest BCUT2D eigenvalue weighted by atomic mass is 35.5. The molecule has 0 aromatic heterocycles. The molecule has 0 radical (unpaired) electrons. The van der Waals surface area contributed by atoms with E-state index in [2.05, 4.69) is 17.1 Å². The van der Waals surface area contributed by atoms with Crippen LogP contribution in [-0.2, 0) is 6.42 Å². The van der Waals surface area contributed by atoms with Gasteiger partial charge in [-0.25, -0.2) is 4.39 Å². The second kappa shape index (κ2) is 7.72. The van der Waals surface area contributed by atoms with Crippen LogP contribution in [0.4, 0.5) is 4.39 Å². The summed E-state index contributed by atoms with van der Waals surface area (Å²) in [6, 6.07) is 5.29. The molecule has 0 heterocycles. The molecule has 0 aliphatic heterocycles. The molecule has 1 N–H and O–H groups in total. The fourth-order valence-electron chi connectivity index (χ4n) is 1.96. The molecule has 0 aliphatic rings. The summed E-state index contributed by atoms with van der Waals surface area (Å²) < 4.78 is 13.4. The van der Waals surface area contributed by atoms with E-state index in [4.69, 9.17) is 11.6 Å². The normalized spacial score (nSPS) is 13.0. The van der Waals surface area contributed by atoms with E-state index in [-0.39, 0.29) is 10.8 Å². The lowest BCUT2D eigenvalue weighted by Crippen LogP contribution is -2.40. The van der Waals surface area contributed by atoms with Gasteiger partial charge in [-0.05, 0) is 45.1 Å². The molecule has 1 rings (SSSR count). The van der Waals surface area contributed by atoms with Crippen LogP contribution in [0.25, 0.3) is 0 Å².